The number of carbonyl (C=O) groups excluding carboxylic acids is 2. The van der Waals surface area contributed by atoms with Crippen LogP contribution in [0, 0.1) is 5.41 Å². The molecule has 2 amide bonds. The van der Waals surface area contributed by atoms with Crippen LogP contribution >= 0.6 is 10.0 Å². The Morgan fingerprint density at radius 1 is 1.14 bits per heavy atom. The molecule has 0 aliphatic heterocycles. The Morgan fingerprint density at radius 2 is 1.71 bits per heavy atom. The van der Waals surface area contributed by atoms with Crippen LogP contribution in [-0.2, 0) is 9.59 Å². The van der Waals surface area contributed by atoms with Gasteiger partial charge in [0.15, 0.2) is 0 Å². The molecular weight excluding hydrogens is 284 g/mol. The molecule has 0 bridgehead atoms. The smallest absolute Gasteiger partial charge is 0.242 e. The van der Waals surface area contributed by atoms with Crippen molar-refractivity contribution in [2.24, 2.45) is 5.41 Å². The van der Waals surface area contributed by atoms with Crippen molar-refractivity contribution in [2.45, 2.75) is 53.0 Å². The summed E-state index contributed by atoms with van der Waals surface area (Å²) >= 11 is 0. The van der Waals surface area contributed by atoms with Crippen molar-refractivity contribution in [3.8, 4) is 0 Å². The minimum absolute atomic E-state index is 0.0339. The molecule has 5 heteroatoms. The van der Waals surface area contributed by atoms with Crippen molar-refractivity contribution in [3.05, 3.63) is 0 Å². The van der Waals surface area contributed by atoms with Crippen LogP contribution in [0.5, 0.6) is 0 Å². The van der Waals surface area contributed by atoms with Crippen LogP contribution in [0.1, 0.15) is 47.0 Å². The Morgan fingerprint density at radius 3 is 2.14 bits per heavy atom. The summed E-state index contributed by atoms with van der Waals surface area (Å²) in [5.41, 5.74) is 0.136. The molecule has 0 aromatic carbocycles. The molecule has 0 saturated carbocycles. The predicted octanol–water partition coefficient (Wildman–Crippen LogP) is 2.52. The van der Waals surface area contributed by atoms with Crippen molar-refractivity contribution in [1.82, 2.24) is 10.6 Å². The van der Waals surface area contributed by atoms with Gasteiger partial charge >= 0.3 is 0 Å². The second-order valence-electron chi connectivity index (χ2n) is 7.67. The minimum atomic E-state index is -0.602. The first kappa shape index (κ1) is 20.3. The maximum Gasteiger partial charge on any atom is 0.242 e. The molecule has 21 heavy (non-hydrogen) atoms. The molecule has 0 spiro atoms. The molecule has 2 N–H and O–H groups in total. The van der Waals surface area contributed by atoms with Crippen LogP contribution in [0.15, 0.2) is 0 Å². The highest BCUT2D eigenvalue weighted by Gasteiger charge is 2.20. The third kappa shape index (κ3) is 11.6. The quantitative estimate of drug-likeness (QED) is 0.722. The first-order valence-electron chi connectivity index (χ1n) is 7.68. The first-order valence-corrected chi connectivity index (χ1v) is 10.7. The van der Waals surface area contributed by atoms with Gasteiger partial charge in [-0.2, -0.15) is 0 Å². The largest absolute Gasteiger partial charge is 0.354 e. The van der Waals surface area contributed by atoms with Gasteiger partial charge in [0.05, 0.1) is 0 Å². The fraction of sp³-hybridized carbons (Fsp3) is 0.875. The van der Waals surface area contributed by atoms with Crippen LogP contribution in [0.3, 0.4) is 0 Å². The van der Waals surface area contributed by atoms with Gasteiger partial charge in [0.1, 0.15) is 6.04 Å². The average molecular weight is 319 g/mol. The van der Waals surface area contributed by atoms with E-state index < -0.39 is 16.1 Å². The molecule has 4 nitrogen and oxygen atoms in total. The highest BCUT2D eigenvalue weighted by atomic mass is 32.3. The van der Waals surface area contributed by atoms with E-state index in [0.29, 0.717) is 19.4 Å². The summed E-state index contributed by atoms with van der Waals surface area (Å²) in [7, 11) is -0.602. The molecule has 0 fully saturated rings. The summed E-state index contributed by atoms with van der Waals surface area (Å²) in [5, 5.41) is 5.78. The summed E-state index contributed by atoms with van der Waals surface area (Å²) in [6.07, 6.45) is 8.60. The molecule has 0 radical (unpaired) electrons. The van der Waals surface area contributed by atoms with E-state index in [1.54, 1.807) is 0 Å². The molecular formula is C16H34N2O2S. The second-order valence-corrected chi connectivity index (χ2v) is 12.3. The zero-order valence-electron chi connectivity index (χ0n) is 14.8. The van der Waals surface area contributed by atoms with Crippen LogP contribution < -0.4 is 10.6 Å². The lowest BCUT2D eigenvalue weighted by Gasteiger charge is -2.26. The fourth-order valence-corrected chi connectivity index (χ4v) is 2.43. The maximum absolute atomic E-state index is 12.1. The van der Waals surface area contributed by atoms with Gasteiger partial charge in [-0.1, -0.05) is 27.7 Å². The minimum Gasteiger partial charge on any atom is -0.354 e. The SMILES string of the molecule is CCC(NC(=O)CCC(C)(C)C)C(=O)NCCS(C)(C)C. The maximum atomic E-state index is 12.1. The molecule has 0 aromatic heterocycles. The predicted molar refractivity (Wildman–Crippen MR) is 94.2 cm³/mol. The third-order valence-corrected chi connectivity index (χ3v) is 4.60. The molecule has 1 atom stereocenters. The zero-order chi connectivity index (χ0) is 16.7. The van der Waals surface area contributed by atoms with Gasteiger partial charge in [-0.15, -0.1) is 0 Å². The van der Waals surface area contributed by atoms with Gasteiger partial charge in [0.25, 0.3) is 0 Å². The fourth-order valence-electron chi connectivity index (χ4n) is 1.71. The van der Waals surface area contributed by atoms with E-state index in [1.165, 1.54) is 0 Å². The van der Waals surface area contributed by atoms with Crippen LogP contribution in [-0.4, -0.2) is 48.9 Å². The molecule has 0 rings (SSSR count). The molecule has 1 unspecified atom stereocenters. The monoisotopic (exact) mass is 318 g/mol. The number of carbonyl (C=O) groups is 2. The van der Waals surface area contributed by atoms with Gasteiger partial charge in [-0.3, -0.25) is 9.59 Å². The van der Waals surface area contributed by atoms with Crippen LogP contribution in [0.4, 0.5) is 0 Å². The first-order chi connectivity index (χ1) is 9.44. The van der Waals surface area contributed by atoms with E-state index in [2.05, 4.69) is 50.2 Å². The summed E-state index contributed by atoms with van der Waals surface area (Å²) in [5.74, 6) is 0.909. The summed E-state index contributed by atoms with van der Waals surface area (Å²) in [6, 6.07) is -0.410. The van der Waals surface area contributed by atoms with Gasteiger partial charge in [-0.25, -0.2) is 10.0 Å². The van der Waals surface area contributed by atoms with E-state index in [4.69, 9.17) is 0 Å². The molecule has 126 valence electrons. The van der Waals surface area contributed by atoms with Crippen molar-refractivity contribution >= 4 is 21.8 Å². The summed E-state index contributed by atoms with van der Waals surface area (Å²) in [4.78, 5) is 24.0. The number of nitrogens with one attached hydrogen (secondary N) is 2. The van der Waals surface area contributed by atoms with E-state index >= 15 is 0 Å². The number of hydrogen-bond acceptors (Lipinski definition) is 2. The van der Waals surface area contributed by atoms with E-state index in [1.807, 2.05) is 6.92 Å². The van der Waals surface area contributed by atoms with Gasteiger partial charge in [-0.05, 0) is 42.8 Å². The van der Waals surface area contributed by atoms with Gasteiger partial charge in [0.2, 0.25) is 11.8 Å². The van der Waals surface area contributed by atoms with Crippen LogP contribution in [0.2, 0.25) is 0 Å². The number of hydrogen-bond donors (Lipinski definition) is 2. The Bertz CT molecular complexity index is 343. The second kappa shape index (κ2) is 8.66. The normalized spacial score (nSPS) is 14.4. The Hall–Kier alpha value is -0.710. The molecule has 0 aromatic rings. The van der Waals surface area contributed by atoms with Crippen molar-refractivity contribution in [3.63, 3.8) is 0 Å². The average Bonchev–Trinajstić information content (AvgIpc) is 2.30. The van der Waals surface area contributed by atoms with Gasteiger partial charge in [0, 0.05) is 13.0 Å². The number of rotatable bonds is 8. The van der Waals surface area contributed by atoms with E-state index in [0.717, 1.165) is 12.2 Å². The lowest BCUT2D eigenvalue weighted by Crippen LogP contribution is -2.47. The molecule has 0 aliphatic carbocycles. The summed E-state index contributed by atoms with van der Waals surface area (Å²) in [6.45, 7) is 8.94. The van der Waals surface area contributed by atoms with Crippen molar-refractivity contribution < 1.29 is 9.59 Å². The zero-order valence-corrected chi connectivity index (χ0v) is 15.7. The molecule has 0 aliphatic rings. The van der Waals surface area contributed by atoms with Crippen molar-refractivity contribution in [2.75, 3.05) is 31.1 Å². The molecule has 0 heterocycles. The number of amides is 2. The lowest BCUT2D eigenvalue weighted by atomic mass is 9.90. The van der Waals surface area contributed by atoms with Gasteiger partial charge < -0.3 is 10.6 Å². The third-order valence-electron chi connectivity index (χ3n) is 3.18. The van der Waals surface area contributed by atoms with E-state index in [-0.39, 0.29) is 17.2 Å². The summed E-state index contributed by atoms with van der Waals surface area (Å²) < 4.78 is 0. The standard InChI is InChI=1S/C16H34N2O2S/c1-8-13(15(20)17-11-12-21(5,6)7)18-14(19)9-10-16(2,3)4/h13H,8-12H2,1-7H3,(H,17,20)(H,18,19). The lowest BCUT2D eigenvalue weighted by molar-refractivity contribution is -0.129. The topological polar surface area (TPSA) is 58.2 Å². The van der Waals surface area contributed by atoms with Crippen LogP contribution in [0.25, 0.3) is 0 Å². The Balaban J connectivity index is 4.19. The molecule has 0 saturated heterocycles. The highest BCUT2D eigenvalue weighted by molar-refractivity contribution is 8.32. The van der Waals surface area contributed by atoms with Crippen molar-refractivity contribution in [1.29, 1.82) is 0 Å². The Kier molecular flexibility index (Phi) is 8.37. The highest BCUT2D eigenvalue weighted by Crippen LogP contribution is 2.33. The van der Waals surface area contributed by atoms with E-state index in [9.17, 15) is 9.59 Å². The Labute approximate surface area is 132 Å².